The summed E-state index contributed by atoms with van der Waals surface area (Å²) in [6, 6.07) is 0. The van der Waals surface area contributed by atoms with Gasteiger partial charge in [-0.1, -0.05) is 19.9 Å². The van der Waals surface area contributed by atoms with Gasteiger partial charge in [-0.05, 0) is 24.7 Å². The summed E-state index contributed by atoms with van der Waals surface area (Å²) in [6.45, 7) is 8.69. The van der Waals surface area contributed by atoms with Crippen molar-refractivity contribution in [2.45, 2.75) is 32.2 Å². The van der Waals surface area contributed by atoms with Crippen LogP contribution in [-0.2, 0) is 9.53 Å². The lowest BCUT2D eigenvalue weighted by Gasteiger charge is -2.47. The first kappa shape index (κ1) is 12.2. The first-order valence-corrected chi connectivity index (χ1v) is 5.50. The van der Waals surface area contributed by atoms with Gasteiger partial charge < -0.3 is 4.74 Å². The second-order valence-corrected chi connectivity index (χ2v) is 4.66. The third-order valence-corrected chi connectivity index (χ3v) is 3.33. The summed E-state index contributed by atoms with van der Waals surface area (Å²) in [5, 5.41) is 3.23. The second kappa shape index (κ2) is 4.79. The first-order chi connectivity index (χ1) is 7.05. The van der Waals surface area contributed by atoms with E-state index in [1.807, 2.05) is 0 Å². The van der Waals surface area contributed by atoms with Crippen LogP contribution in [0, 0.1) is 11.8 Å². The summed E-state index contributed by atoms with van der Waals surface area (Å²) in [7, 11) is 1.45. The number of rotatable bonds is 5. The second-order valence-electron chi connectivity index (χ2n) is 4.66. The Morgan fingerprint density at radius 3 is 2.67 bits per heavy atom. The van der Waals surface area contributed by atoms with Gasteiger partial charge in [0.1, 0.15) is 5.54 Å². The molecule has 3 nitrogen and oxygen atoms in total. The third kappa shape index (κ3) is 2.40. The molecule has 1 rings (SSSR count). The normalized spacial score (nSPS) is 29.7. The molecule has 0 amide bonds. The average molecular weight is 211 g/mol. The molecule has 0 aliphatic heterocycles. The van der Waals surface area contributed by atoms with E-state index in [-0.39, 0.29) is 5.97 Å². The molecule has 15 heavy (non-hydrogen) atoms. The standard InChI is InChI=1S/C12H21NO2/c1-5-6-13-12(11(14)15-4)7-10(8-12)9(2)3/h5,9-10,13H,1,6-8H2,2-4H3. The van der Waals surface area contributed by atoms with Crippen molar-refractivity contribution >= 4 is 5.97 Å². The quantitative estimate of drug-likeness (QED) is 0.556. The number of hydrogen-bond donors (Lipinski definition) is 1. The van der Waals surface area contributed by atoms with E-state index >= 15 is 0 Å². The molecule has 0 unspecified atom stereocenters. The predicted octanol–water partition coefficient (Wildman–Crippen LogP) is 1.74. The Hall–Kier alpha value is -0.830. The Kier molecular flexibility index (Phi) is 3.91. The minimum Gasteiger partial charge on any atom is -0.468 e. The Labute approximate surface area is 91.9 Å². The Morgan fingerprint density at radius 2 is 2.27 bits per heavy atom. The molecule has 0 saturated heterocycles. The maximum atomic E-state index is 11.7. The van der Waals surface area contributed by atoms with E-state index in [1.165, 1.54) is 7.11 Å². The average Bonchev–Trinajstić information content (AvgIpc) is 2.15. The monoisotopic (exact) mass is 211 g/mol. The van der Waals surface area contributed by atoms with E-state index < -0.39 is 5.54 Å². The summed E-state index contributed by atoms with van der Waals surface area (Å²) in [4.78, 5) is 11.7. The van der Waals surface area contributed by atoms with Crippen molar-refractivity contribution in [1.29, 1.82) is 0 Å². The van der Waals surface area contributed by atoms with Crippen LogP contribution in [0.4, 0.5) is 0 Å². The van der Waals surface area contributed by atoms with Gasteiger partial charge in [-0.25, -0.2) is 0 Å². The Balaban J connectivity index is 2.58. The van der Waals surface area contributed by atoms with Gasteiger partial charge in [-0.2, -0.15) is 0 Å². The molecule has 0 spiro atoms. The molecule has 0 heterocycles. The number of carbonyl (C=O) groups is 1. The highest BCUT2D eigenvalue weighted by molar-refractivity contribution is 5.82. The summed E-state index contributed by atoms with van der Waals surface area (Å²) in [5.41, 5.74) is -0.447. The van der Waals surface area contributed by atoms with Gasteiger partial charge in [-0.3, -0.25) is 10.1 Å². The molecule has 0 aromatic rings. The fourth-order valence-electron chi connectivity index (χ4n) is 2.15. The lowest BCUT2D eigenvalue weighted by molar-refractivity contribution is -0.156. The zero-order chi connectivity index (χ0) is 11.5. The first-order valence-electron chi connectivity index (χ1n) is 5.50. The Morgan fingerprint density at radius 1 is 1.67 bits per heavy atom. The molecule has 86 valence electrons. The summed E-state index contributed by atoms with van der Waals surface area (Å²) in [5.74, 6) is 1.12. The van der Waals surface area contributed by atoms with Crippen molar-refractivity contribution in [1.82, 2.24) is 5.32 Å². The topological polar surface area (TPSA) is 38.3 Å². The number of methoxy groups -OCH3 is 1. The van der Waals surface area contributed by atoms with E-state index in [0.717, 1.165) is 12.8 Å². The smallest absolute Gasteiger partial charge is 0.326 e. The maximum absolute atomic E-state index is 11.7. The molecule has 0 radical (unpaired) electrons. The third-order valence-electron chi connectivity index (χ3n) is 3.33. The number of esters is 1. The SMILES string of the molecule is C=CCNC1(C(=O)OC)CC(C(C)C)C1. The van der Waals surface area contributed by atoms with Crippen LogP contribution < -0.4 is 5.32 Å². The van der Waals surface area contributed by atoms with Crippen LogP contribution in [0.5, 0.6) is 0 Å². The molecule has 1 fully saturated rings. The van der Waals surface area contributed by atoms with Crippen LogP contribution in [0.2, 0.25) is 0 Å². The maximum Gasteiger partial charge on any atom is 0.326 e. The minimum atomic E-state index is -0.447. The zero-order valence-corrected chi connectivity index (χ0v) is 9.88. The summed E-state index contributed by atoms with van der Waals surface area (Å²) < 4.78 is 4.85. The largest absolute Gasteiger partial charge is 0.468 e. The van der Waals surface area contributed by atoms with Crippen molar-refractivity contribution in [2.24, 2.45) is 11.8 Å². The van der Waals surface area contributed by atoms with Crippen molar-refractivity contribution in [3.8, 4) is 0 Å². The minimum absolute atomic E-state index is 0.138. The van der Waals surface area contributed by atoms with Gasteiger partial charge in [0, 0.05) is 6.54 Å². The van der Waals surface area contributed by atoms with E-state index in [9.17, 15) is 4.79 Å². The lowest BCUT2D eigenvalue weighted by atomic mass is 9.64. The molecule has 1 saturated carbocycles. The van der Waals surface area contributed by atoms with Gasteiger partial charge in [0.05, 0.1) is 7.11 Å². The highest BCUT2D eigenvalue weighted by Gasteiger charge is 2.51. The van der Waals surface area contributed by atoms with Crippen molar-refractivity contribution in [3.63, 3.8) is 0 Å². The van der Waals surface area contributed by atoms with Gasteiger partial charge in [0.2, 0.25) is 0 Å². The predicted molar refractivity (Wildman–Crippen MR) is 60.5 cm³/mol. The van der Waals surface area contributed by atoms with Crippen molar-refractivity contribution < 1.29 is 9.53 Å². The van der Waals surface area contributed by atoms with Gasteiger partial charge >= 0.3 is 5.97 Å². The molecular weight excluding hydrogens is 190 g/mol. The van der Waals surface area contributed by atoms with E-state index in [2.05, 4.69) is 25.7 Å². The molecule has 0 aromatic heterocycles. The van der Waals surface area contributed by atoms with E-state index in [4.69, 9.17) is 4.74 Å². The van der Waals surface area contributed by atoms with E-state index in [1.54, 1.807) is 6.08 Å². The zero-order valence-electron chi connectivity index (χ0n) is 9.88. The molecule has 0 atom stereocenters. The van der Waals surface area contributed by atoms with Crippen LogP contribution in [0.3, 0.4) is 0 Å². The van der Waals surface area contributed by atoms with Crippen LogP contribution >= 0.6 is 0 Å². The van der Waals surface area contributed by atoms with E-state index in [0.29, 0.717) is 18.4 Å². The lowest BCUT2D eigenvalue weighted by Crippen LogP contribution is -2.62. The molecule has 1 aliphatic carbocycles. The highest BCUT2D eigenvalue weighted by Crippen LogP contribution is 2.42. The molecule has 0 bridgehead atoms. The molecule has 3 heteroatoms. The molecule has 1 aliphatic rings. The Bertz CT molecular complexity index is 242. The van der Waals surface area contributed by atoms with Crippen LogP contribution in [-0.4, -0.2) is 25.2 Å². The molecule has 1 N–H and O–H groups in total. The van der Waals surface area contributed by atoms with Gasteiger partial charge in [-0.15, -0.1) is 6.58 Å². The number of nitrogens with one attached hydrogen (secondary N) is 1. The van der Waals surface area contributed by atoms with Crippen LogP contribution in [0.15, 0.2) is 12.7 Å². The van der Waals surface area contributed by atoms with Gasteiger partial charge in [0.15, 0.2) is 0 Å². The molecule has 0 aromatic carbocycles. The van der Waals surface area contributed by atoms with Crippen LogP contribution in [0.1, 0.15) is 26.7 Å². The van der Waals surface area contributed by atoms with Crippen molar-refractivity contribution in [3.05, 3.63) is 12.7 Å². The number of carbonyl (C=O) groups excluding carboxylic acids is 1. The highest BCUT2D eigenvalue weighted by atomic mass is 16.5. The van der Waals surface area contributed by atoms with Crippen LogP contribution in [0.25, 0.3) is 0 Å². The van der Waals surface area contributed by atoms with Gasteiger partial charge in [0.25, 0.3) is 0 Å². The number of hydrogen-bond acceptors (Lipinski definition) is 3. The van der Waals surface area contributed by atoms with Crippen molar-refractivity contribution in [2.75, 3.05) is 13.7 Å². The fourth-order valence-corrected chi connectivity index (χ4v) is 2.15. The molecular formula is C12H21NO2. The number of ether oxygens (including phenoxy) is 1. The fraction of sp³-hybridized carbons (Fsp3) is 0.750. The summed E-state index contributed by atoms with van der Waals surface area (Å²) >= 11 is 0. The summed E-state index contributed by atoms with van der Waals surface area (Å²) in [6.07, 6.45) is 3.53.